The Hall–Kier alpha value is -0.570. The van der Waals surface area contributed by atoms with Gasteiger partial charge < -0.3 is 10.6 Å². The monoisotopic (exact) mass is 182 g/mol. The van der Waals surface area contributed by atoms with Crippen LogP contribution in [0.3, 0.4) is 0 Å². The first-order valence-corrected chi connectivity index (χ1v) is 5.26. The van der Waals surface area contributed by atoms with Crippen molar-refractivity contribution in [2.24, 2.45) is 11.7 Å². The molecule has 2 aliphatic rings. The quantitative estimate of drug-likeness (QED) is 0.684. The lowest BCUT2D eigenvalue weighted by atomic mass is 10.1. The molecule has 1 amide bonds. The van der Waals surface area contributed by atoms with Gasteiger partial charge in [0.2, 0.25) is 5.91 Å². The van der Waals surface area contributed by atoms with Gasteiger partial charge >= 0.3 is 0 Å². The van der Waals surface area contributed by atoms with Gasteiger partial charge in [-0.15, -0.1) is 0 Å². The van der Waals surface area contributed by atoms with Gasteiger partial charge in [0.25, 0.3) is 0 Å². The fraction of sp³-hybridized carbons (Fsp3) is 0.900. The predicted molar refractivity (Wildman–Crippen MR) is 51.1 cm³/mol. The van der Waals surface area contributed by atoms with Gasteiger partial charge in [-0.1, -0.05) is 0 Å². The molecular weight excluding hydrogens is 164 g/mol. The molecule has 0 spiro atoms. The Morgan fingerprint density at radius 1 is 1.46 bits per heavy atom. The second-order valence-electron chi connectivity index (χ2n) is 4.37. The molecule has 2 rings (SSSR count). The standard InChI is InChI=1S/C10H18N2O/c1-7(11)10(13)12-6-2-3-9(12)8-4-5-8/h7-9H,2-6,11H2,1H3/t7-,9?/m1/s1. The van der Waals surface area contributed by atoms with Crippen molar-refractivity contribution >= 4 is 5.91 Å². The van der Waals surface area contributed by atoms with Crippen LogP contribution in [-0.2, 0) is 4.79 Å². The summed E-state index contributed by atoms with van der Waals surface area (Å²) in [5, 5.41) is 0. The molecule has 0 radical (unpaired) electrons. The van der Waals surface area contributed by atoms with Crippen LogP contribution >= 0.6 is 0 Å². The zero-order valence-corrected chi connectivity index (χ0v) is 8.20. The highest BCUT2D eigenvalue weighted by molar-refractivity contribution is 5.81. The minimum absolute atomic E-state index is 0.148. The normalized spacial score (nSPS) is 30.6. The molecule has 1 aliphatic heterocycles. The van der Waals surface area contributed by atoms with Crippen molar-refractivity contribution in [1.82, 2.24) is 4.90 Å². The summed E-state index contributed by atoms with van der Waals surface area (Å²) >= 11 is 0. The van der Waals surface area contributed by atoms with Gasteiger partial charge in [-0.2, -0.15) is 0 Å². The zero-order valence-electron chi connectivity index (χ0n) is 8.20. The average Bonchev–Trinajstić information content (AvgIpc) is 2.83. The van der Waals surface area contributed by atoms with Gasteiger partial charge in [0.1, 0.15) is 0 Å². The van der Waals surface area contributed by atoms with Gasteiger partial charge in [-0.25, -0.2) is 0 Å². The molecule has 1 aliphatic carbocycles. The Bertz CT molecular complexity index is 211. The molecule has 2 N–H and O–H groups in total. The summed E-state index contributed by atoms with van der Waals surface area (Å²) in [4.78, 5) is 13.7. The third-order valence-corrected chi connectivity index (χ3v) is 3.14. The summed E-state index contributed by atoms with van der Waals surface area (Å²) in [7, 11) is 0. The molecule has 1 heterocycles. The van der Waals surface area contributed by atoms with Gasteiger partial charge in [-0.3, -0.25) is 4.79 Å². The Labute approximate surface area is 79.3 Å². The van der Waals surface area contributed by atoms with E-state index in [1.807, 2.05) is 4.90 Å². The molecule has 1 unspecified atom stereocenters. The van der Waals surface area contributed by atoms with E-state index in [0.717, 1.165) is 12.5 Å². The van der Waals surface area contributed by atoms with Crippen LogP contribution in [0.4, 0.5) is 0 Å². The molecule has 3 nitrogen and oxygen atoms in total. The van der Waals surface area contributed by atoms with Gasteiger partial charge in [0, 0.05) is 12.6 Å². The maximum Gasteiger partial charge on any atom is 0.239 e. The Kier molecular flexibility index (Phi) is 2.28. The van der Waals surface area contributed by atoms with E-state index in [0.29, 0.717) is 6.04 Å². The third kappa shape index (κ3) is 1.70. The molecule has 0 aromatic heterocycles. The SMILES string of the molecule is C[C@@H](N)C(=O)N1CCCC1C1CC1. The minimum atomic E-state index is -0.320. The molecule has 1 saturated heterocycles. The van der Waals surface area contributed by atoms with Crippen molar-refractivity contribution in [3.8, 4) is 0 Å². The molecule has 74 valence electrons. The average molecular weight is 182 g/mol. The highest BCUT2D eigenvalue weighted by Gasteiger charge is 2.40. The van der Waals surface area contributed by atoms with E-state index in [4.69, 9.17) is 5.73 Å². The Morgan fingerprint density at radius 3 is 2.69 bits per heavy atom. The number of carbonyl (C=O) groups is 1. The van der Waals surface area contributed by atoms with Crippen molar-refractivity contribution in [1.29, 1.82) is 0 Å². The first-order valence-electron chi connectivity index (χ1n) is 5.26. The fourth-order valence-corrected chi connectivity index (χ4v) is 2.30. The summed E-state index contributed by atoms with van der Waals surface area (Å²) in [6, 6.07) is 0.206. The topological polar surface area (TPSA) is 46.3 Å². The number of hydrogen-bond acceptors (Lipinski definition) is 2. The van der Waals surface area contributed by atoms with Crippen LogP contribution in [0, 0.1) is 5.92 Å². The molecule has 0 bridgehead atoms. The van der Waals surface area contributed by atoms with Gasteiger partial charge in [0.05, 0.1) is 6.04 Å². The summed E-state index contributed by atoms with van der Waals surface area (Å²) in [6.45, 7) is 2.71. The van der Waals surface area contributed by atoms with Crippen molar-refractivity contribution in [2.75, 3.05) is 6.54 Å². The van der Waals surface area contributed by atoms with E-state index in [9.17, 15) is 4.79 Å². The van der Waals surface area contributed by atoms with Crippen LogP contribution in [0.2, 0.25) is 0 Å². The molecular formula is C10H18N2O. The highest BCUT2D eigenvalue weighted by Crippen LogP contribution is 2.40. The molecule has 2 fully saturated rings. The largest absolute Gasteiger partial charge is 0.338 e. The third-order valence-electron chi connectivity index (χ3n) is 3.14. The van der Waals surface area contributed by atoms with E-state index in [1.165, 1.54) is 25.7 Å². The predicted octanol–water partition coefficient (Wildman–Crippen LogP) is 0.735. The second-order valence-corrected chi connectivity index (χ2v) is 4.37. The lowest BCUT2D eigenvalue weighted by molar-refractivity contribution is -0.133. The molecule has 3 heteroatoms. The molecule has 1 saturated carbocycles. The lowest BCUT2D eigenvalue weighted by Crippen LogP contribution is -2.45. The summed E-state index contributed by atoms with van der Waals surface area (Å²) < 4.78 is 0. The van der Waals surface area contributed by atoms with Crippen LogP contribution in [0.1, 0.15) is 32.6 Å². The van der Waals surface area contributed by atoms with Crippen LogP contribution in [-0.4, -0.2) is 29.4 Å². The number of likely N-dealkylation sites (tertiary alicyclic amines) is 1. The van der Waals surface area contributed by atoms with Gasteiger partial charge in [-0.05, 0) is 38.5 Å². The maximum atomic E-state index is 11.7. The first-order chi connectivity index (χ1) is 6.20. The highest BCUT2D eigenvalue weighted by atomic mass is 16.2. The molecule has 0 aromatic rings. The van der Waals surface area contributed by atoms with E-state index in [-0.39, 0.29) is 11.9 Å². The van der Waals surface area contributed by atoms with Gasteiger partial charge in [0.15, 0.2) is 0 Å². The van der Waals surface area contributed by atoms with Crippen LogP contribution in [0.5, 0.6) is 0 Å². The van der Waals surface area contributed by atoms with E-state index in [2.05, 4.69) is 0 Å². The Balaban J connectivity index is 2.00. The second kappa shape index (κ2) is 3.29. The molecule has 0 aromatic carbocycles. The maximum absolute atomic E-state index is 11.7. The van der Waals surface area contributed by atoms with Crippen molar-refractivity contribution in [2.45, 2.75) is 44.7 Å². The Morgan fingerprint density at radius 2 is 2.15 bits per heavy atom. The summed E-state index contributed by atoms with van der Waals surface area (Å²) in [6.07, 6.45) is 4.99. The molecule has 13 heavy (non-hydrogen) atoms. The number of rotatable bonds is 2. The fourth-order valence-electron chi connectivity index (χ4n) is 2.30. The lowest BCUT2D eigenvalue weighted by Gasteiger charge is -2.26. The first kappa shape index (κ1) is 9.00. The number of carbonyl (C=O) groups excluding carboxylic acids is 1. The number of nitrogens with zero attached hydrogens (tertiary/aromatic N) is 1. The van der Waals surface area contributed by atoms with Crippen LogP contribution in [0.15, 0.2) is 0 Å². The van der Waals surface area contributed by atoms with Crippen molar-refractivity contribution in [3.05, 3.63) is 0 Å². The summed E-state index contributed by atoms with van der Waals surface area (Å²) in [5.74, 6) is 0.944. The van der Waals surface area contributed by atoms with Crippen LogP contribution in [0.25, 0.3) is 0 Å². The van der Waals surface area contributed by atoms with Crippen molar-refractivity contribution < 1.29 is 4.79 Å². The van der Waals surface area contributed by atoms with E-state index < -0.39 is 0 Å². The van der Waals surface area contributed by atoms with E-state index >= 15 is 0 Å². The zero-order chi connectivity index (χ0) is 9.42. The van der Waals surface area contributed by atoms with E-state index in [1.54, 1.807) is 6.92 Å². The minimum Gasteiger partial charge on any atom is -0.338 e. The smallest absolute Gasteiger partial charge is 0.239 e. The number of hydrogen-bond donors (Lipinski definition) is 1. The number of nitrogens with two attached hydrogens (primary N) is 1. The summed E-state index contributed by atoms with van der Waals surface area (Å²) in [5.41, 5.74) is 5.61. The van der Waals surface area contributed by atoms with Crippen molar-refractivity contribution in [3.63, 3.8) is 0 Å². The molecule has 2 atom stereocenters. The number of amides is 1. The van der Waals surface area contributed by atoms with Crippen LogP contribution < -0.4 is 5.73 Å².